The molecule has 0 N–H and O–H groups in total. The minimum absolute atomic E-state index is 0.0540. The predicted molar refractivity (Wildman–Crippen MR) is 349 cm³/mol. The lowest BCUT2D eigenvalue weighted by atomic mass is 9.87. The molecule has 11 aromatic carbocycles. The summed E-state index contributed by atoms with van der Waals surface area (Å²) in [6, 6.07) is 37.8. The van der Waals surface area contributed by atoms with Crippen LogP contribution in [0.2, 0.25) is 0 Å². The number of hydrogen-bond donors (Lipinski definition) is 0. The molecule has 0 fully saturated rings. The van der Waals surface area contributed by atoms with Gasteiger partial charge in [-0.3, -0.25) is 13.7 Å². The lowest BCUT2D eigenvalue weighted by molar-refractivity contribution is -0.570. The Balaban J connectivity index is 1.06. The lowest BCUT2D eigenvalue weighted by Crippen LogP contribution is -2.74. The number of aryl methyl sites for hydroxylation is 2. The molecule has 3 aromatic heterocycles. The minimum Gasteiger partial charge on any atom is -0.458 e. The van der Waals surface area contributed by atoms with Gasteiger partial charge in [0.1, 0.15) is 17.3 Å². The fourth-order valence-corrected chi connectivity index (χ4v) is 16.0. The molecule has 0 amide bonds. The maximum atomic E-state index is 9.91. The number of para-hydroxylation sites is 3. The molecule has 84 heavy (non-hydrogen) atoms. The van der Waals surface area contributed by atoms with Gasteiger partial charge in [-0.2, -0.15) is 0 Å². The van der Waals surface area contributed by atoms with Crippen molar-refractivity contribution in [3.05, 3.63) is 296 Å². The van der Waals surface area contributed by atoms with Gasteiger partial charge in [0.25, 0.3) is 6.33 Å². The van der Waals surface area contributed by atoms with Crippen molar-refractivity contribution < 1.29 is 38.1 Å². The first-order valence-corrected chi connectivity index (χ1v) is 29.3. The fraction of sp³-hybridized carbons (Fsp3) is 0.0769. The molecular formula is C78H60N4OSi. The summed E-state index contributed by atoms with van der Waals surface area (Å²) in [6.45, 7) is 0.520. The predicted octanol–water partition coefficient (Wildman–Crippen LogP) is 16.3. The molecule has 15 rings (SSSR count). The summed E-state index contributed by atoms with van der Waals surface area (Å²) in [6.07, 6.45) is 5.46. The van der Waals surface area contributed by atoms with Gasteiger partial charge in [-0.05, 0) is 150 Å². The van der Waals surface area contributed by atoms with Crippen LogP contribution in [0.25, 0.3) is 94.5 Å². The highest BCUT2D eigenvalue weighted by Crippen LogP contribution is 2.46. The van der Waals surface area contributed by atoms with E-state index in [0.717, 1.165) is 33.2 Å². The Morgan fingerprint density at radius 3 is 1.79 bits per heavy atom. The third kappa shape index (κ3) is 8.19. The third-order valence-corrected chi connectivity index (χ3v) is 20.1. The van der Waals surface area contributed by atoms with Crippen LogP contribution in [-0.4, -0.2) is 22.2 Å². The van der Waals surface area contributed by atoms with E-state index in [1.165, 1.54) is 30.3 Å². The molecule has 5 nitrogen and oxygen atoms in total. The SMILES string of the molecule is [2H]c1c([2H])c([2H])c([Si](c2ccc3c(c2)-c2cccc(-c4c(C([2H])([2H])[2H])cccc4C([2H])([2H])[2H])c2-[n+]2[c-]n(-c4cccc(Oc5ccc6c7ccccc7n(-c7cc(C(C)(C)C)ccn7)c6c5)c4)c4cccc(c42)-c2ccccc2-3)(c2c([2H])c([2H])c([2H])c([2H])c2[2H])c2c([2H])c([2H])c([2H])c([2H])c2[2H])c([2H])c1[2H]. The van der Waals surface area contributed by atoms with Crippen molar-refractivity contribution >= 4 is 61.7 Å². The Labute approximate surface area is 521 Å². The van der Waals surface area contributed by atoms with Crippen LogP contribution in [0.5, 0.6) is 11.5 Å². The second kappa shape index (κ2) is 20.1. The molecular weight excluding hydrogens is 1040 g/mol. The Bertz CT molecular complexity index is 5790. The molecule has 14 aromatic rings. The quantitative estimate of drug-likeness (QED) is 0.0625. The van der Waals surface area contributed by atoms with Gasteiger partial charge in [0.05, 0.1) is 54.0 Å². The maximum Gasteiger partial charge on any atom is 0.269 e. The van der Waals surface area contributed by atoms with Gasteiger partial charge in [0.2, 0.25) is 0 Å². The molecule has 0 radical (unpaired) electrons. The zero-order chi connectivity index (χ0) is 74.7. The molecule has 6 heteroatoms. The highest BCUT2D eigenvalue weighted by atomic mass is 28.3. The van der Waals surface area contributed by atoms with Crippen LogP contribution in [0, 0.1) is 20.0 Å². The average molecular weight is 1120 g/mol. The number of nitrogens with zero attached hydrogens (tertiary/aromatic N) is 4. The van der Waals surface area contributed by atoms with Crippen molar-refractivity contribution in [2.24, 2.45) is 0 Å². The molecule has 1 aliphatic heterocycles. The number of ether oxygens (including phenoxy) is 1. The van der Waals surface area contributed by atoms with Gasteiger partial charge in [0, 0.05) is 31.3 Å². The molecule has 1 aliphatic rings. The largest absolute Gasteiger partial charge is 0.458 e. The topological polar surface area (TPSA) is 35.9 Å². The van der Waals surface area contributed by atoms with E-state index < -0.39 is 128 Å². The summed E-state index contributed by atoms with van der Waals surface area (Å²) >= 11 is 0. The highest BCUT2D eigenvalue weighted by molar-refractivity contribution is 7.20. The molecule has 0 bridgehead atoms. The molecule has 0 atom stereocenters. The van der Waals surface area contributed by atoms with E-state index in [2.05, 4.69) is 49.9 Å². The normalized spacial score (nSPS) is 16.0. The van der Waals surface area contributed by atoms with E-state index in [1.807, 2.05) is 103 Å². The standard InChI is InChI=1S/C78H60N4OSi/c1-52-23-19-24-53(2)75(52)69-38-21-36-68-70-50-61(84(58-27-9-6-10-28-58,59-29-11-7-12-30-59)60-31-13-8-14-32-60)42-44-64(70)62-33-15-16-34-63(62)67-37-22-40-72-77(67)81(76(68)69)51-80(72)55-25-20-26-56(48-55)83-57-41-43-66-65-35-17-18-39-71(65)82(73(66)49-57)74-47-54(45-46-79-74)78(3,4)5/h6-50H,1-5H3/i1D3,2D3,6D,7D,8D,9D,10D,11D,12D,13D,14D,27D,28D,29D,30D,31D,32D. The minimum atomic E-state index is -5.80. The number of imidazole rings is 1. The Morgan fingerprint density at radius 1 is 0.488 bits per heavy atom. The van der Waals surface area contributed by atoms with Crippen LogP contribution in [-0.2, 0) is 5.41 Å². The van der Waals surface area contributed by atoms with Gasteiger partial charge in [-0.15, -0.1) is 0 Å². The van der Waals surface area contributed by atoms with Crippen molar-refractivity contribution in [2.75, 3.05) is 0 Å². The first-order valence-electron chi connectivity index (χ1n) is 37.8. The van der Waals surface area contributed by atoms with Crippen LogP contribution < -0.4 is 30.1 Å². The second-order valence-corrected chi connectivity index (χ2v) is 25.3. The van der Waals surface area contributed by atoms with E-state index in [0.29, 0.717) is 50.5 Å². The number of hydrogen-bond acceptors (Lipinski definition) is 2. The molecule has 4 heterocycles. The summed E-state index contributed by atoms with van der Waals surface area (Å²) in [5.41, 5.74) is 5.96. The van der Waals surface area contributed by atoms with Crippen LogP contribution in [0.4, 0.5) is 0 Å². The molecule has 0 saturated heterocycles. The second-order valence-electron chi connectivity index (χ2n) is 21.7. The Kier molecular flexibility index (Phi) is 7.91. The summed E-state index contributed by atoms with van der Waals surface area (Å²) in [5.74, 6) is 1.64. The number of rotatable bonds is 9. The first kappa shape index (κ1) is 33.1. The fourth-order valence-electron chi connectivity index (χ4n) is 12.2. The average Bonchev–Trinajstić information content (AvgIpc) is 1.15. The van der Waals surface area contributed by atoms with Crippen LogP contribution >= 0.6 is 0 Å². The van der Waals surface area contributed by atoms with Crippen molar-refractivity contribution in [3.8, 4) is 73.2 Å². The first-order chi connectivity index (χ1) is 49.8. The molecule has 0 spiro atoms. The molecule has 402 valence electrons. The summed E-state index contributed by atoms with van der Waals surface area (Å²) in [7, 11) is -5.80. The summed E-state index contributed by atoms with van der Waals surface area (Å²) < 4.78 is 209. The van der Waals surface area contributed by atoms with E-state index >= 15 is 0 Å². The van der Waals surface area contributed by atoms with E-state index in [4.69, 9.17) is 22.1 Å². The number of fused-ring (bicyclic) bond motifs is 10. The maximum absolute atomic E-state index is 9.91. The smallest absolute Gasteiger partial charge is 0.269 e. The zero-order valence-corrected chi connectivity index (χ0v) is 46.5. The van der Waals surface area contributed by atoms with Crippen molar-refractivity contribution in [1.29, 1.82) is 0 Å². The van der Waals surface area contributed by atoms with E-state index in [9.17, 15) is 16.4 Å². The van der Waals surface area contributed by atoms with Gasteiger partial charge in [-0.25, -0.2) is 4.98 Å². The Morgan fingerprint density at radius 2 is 1.07 bits per heavy atom. The van der Waals surface area contributed by atoms with Crippen LogP contribution in [0.1, 0.15) is 66.2 Å². The number of pyridine rings is 1. The van der Waals surface area contributed by atoms with Gasteiger partial charge < -0.3 is 4.74 Å². The summed E-state index contributed by atoms with van der Waals surface area (Å²) in [4.78, 5) is 4.87. The zero-order valence-electron chi connectivity index (χ0n) is 66.5. The molecule has 0 aliphatic carbocycles. The van der Waals surface area contributed by atoms with Gasteiger partial charge >= 0.3 is 0 Å². The molecule has 0 saturated carbocycles. The van der Waals surface area contributed by atoms with Gasteiger partial charge in [-0.1, -0.05) is 233 Å². The number of aromatic nitrogens is 4. The van der Waals surface area contributed by atoms with Crippen molar-refractivity contribution in [2.45, 2.75) is 39.9 Å². The van der Waals surface area contributed by atoms with E-state index in [-0.39, 0.29) is 49.7 Å². The van der Waals surface area contributed by atoms with Crippen molar-refractivity contribution in [3.63, 3.8) is 0 Å². The monoisotopic (exact) mass is 1120 g/mol. The molecule has 0 unspecified atom stereocenters. The van der Waals surface area contributed by atoms with Crippen LogP contribution in [0.3, 0.4) is 0 Å². The van der Waals surface area contributed by atoms with E-state index in [1.54, 1.807) is 39.5 Å². The van der Waals surface area contributed by atoms with Crippen LogP contribution in [0.15, 0.2) is 273 Å². The Hall–Kier alpha value is -10.1. The van der Waals surface area contributed by atoms with Crippen molar-refractivity contribution in [1.82, 2.24) is 14.1 Å². The lowest BCUT2D eigenvalue weighted by Gasteiger charge is -2.35. The number of benzene rings is 11. The summed E-state index contributed by atoms with van der Waals surface area (Å²) in [5, 5.41) is -0.333. The van der Waals surface area contributed by atoms with Gasteiger partial charge in [0.15, 0.2) is 8.07 Å². The highest BCUT2D eigenvalue weighted by Gasteiger charge is 2.42. The third-order valence-electron chi connectivity index (χ3n) is 15.9.